The zero-order valence-electron chi connectivity index (χ0n) is 10.4. The SMILES string of the molecule is CC(C)(C)C(O)COc1ccc2c(c1)OCO2. The Bertz CT molecular complexity index is 395. The van der Waals surface area contributed by atoms with E-state index in [2.05, 4.69) is 0 Å². The molecule has 2 rings (SSSR count). The molecule has 0 amide bonds. The molecule has 17 heavy (non-hydrogen) atoms. The van der Waals surface area contributed by atoms with E-state index in [1.807, 2.05) is 26.8 Å². The molecule has 1 aliphatic heterocycles. The molecule has 0 spiro atoms. The van der Waals surface area contributed by atoms with Crippen molar-refractivity contribution in [2.75, 3.05) is 13.4 Å². The van der Waals surface area contributed by atoms with E-state index in [0.29, 0.717) is 11.5 Å². The highest BCUT2D eigenvalue weighted by Gasteiger charge is 2.23. The molecule has 4 heteroatoms. The maximum atomic E-state index is 9.86. The first kappa shape index (κ1) is 12.0. The molecule has 4 nitrogen and oxygen atoms in total. The second-order valence-electron chi connectivity index (χ2n) is 5.21. The molecule has 0 radical (unpaired) electrons. The molecule has 1 atom stereocenters. The lowest BCUT2D eigenvalue weighted by Crippen LogP contribution is -2.31. The summed E-state index contributed by atoms with van der Waals surface area (Å²) < 4.78 is 16.0. The van der Waals surface area contributed by atoms with E-state index < -0.39 is 6.10 Å². The second kappa shape index (κ2) is 4.45. The fourth-order valence-corrected chi connectivity index (χ4v) is 1.39. The van der Waals surface area contributed by atoms with Crippen molar-refractivity contribution in [3.05, 3.63) is 18.2 Å². The predicted octanol–water partition coefficient (Wildman–Crippen LogP) is 2.20. The van der Waals surface area contributed by atoms with Crippen LogP contribution in [0.15, 0.2) is 18.2 Å². The number of fused-ring (bicyclic) bond motifs is 1. The van der Waals surface area contributed by atoms with Crippen LogP contribution in [0.4, 0.5) is 0 Å². The summed E-state index contributed by atoms with van der Waals surface area (Å²) in [6, 6.07) is 5.39. The van der Waals surface area contributed by atoms with Crippen LogP contribution in [0.3, 0.4) is 0 Å². The quantitative estimate of drug-likeness (QED) is 0.877. The van der Waals surface area contributed by atoms with Gasteiger partial charge in [0.15, 0.2) is 11.5 Å². The summed E-state index contributed by atoms with van der Waals surface area (Å²) in [5.41, 5.74) is -0.184. The van der Waals surface area contributed by atoms with Crippen LogP contribution in [0.25, 0.3) is 0 Å². The Kier molecular flexibility index (Phi) is 3.15. The highest BCUT2D eigenvalue weighted by Crippen LogP contribution is 2.35. The molecule has 0 fully saturated rings. The van der Waals surface area contributed by atoms with Gasteiger partial charge in [0.05, 0.1) is 6.10 Å². The normalized spacial score (nSPS) is 15.8. The average Bonchev–Trinajstić information content (AvgIpc) is 2.71. The Balaban J connectivity index is 1.96. The van der Waals surface area contributed by atoms with Gasteiger partial charge >= 0.3 is 0 Å². The number of aliphatic hydroxyl groups is 1. The number of benzene rings is 1. The van der Waals surface area contributed by atoms with Crippen molar-refractivity contribution < 1.29 is 19.3 Å². The third-order valence-electron chi connectivity index (χ3n) is 2.75. The topological polar surface area (TPSA) is 47.9 Å². The minimum absolute atomic E-state index is 0.184. The standard InChI is InChI=1S/C13H18O4/c1-13(2,3)12(14)7-15-9-4-5-10-11(6-9)17-8-16-10/h4-6,12,14H,7-8H2,1-3H3. The molecule has 0 bridgehead atoms. The lowest BCUT2D eigenvalue weighted by atomic mass is 9.90. The molecule has 0 aliphatic carbocycles. The molecule has 0 aromatic heterocycles. The predicted molar refractivity (Wildman–Crippen MR) is 63.5 cm³/mol. The van der Waals surface area contributed by atoms with Gasteiger partial charge < -0.3 is 19.3 Å². The Morgan fingerprint density at radius 1 is 1.29 bits per heavy atom. The van der Waals surface area contributed by atoms with Gasteiger partial charge in [0.25, 0.3) is 0 Å². The zero-order valence-corrected chi connectivity index (χ0v) is 10.4. The maximum Gasteiger partial charge on any atom is 0.231 e. The van der Waals surface area contributed by atoms with E-state index >= 15 is 0 Å². The molecule has 1 unspecified atom stereocenters. The van der Waals surface area contributed by atoms with E-state index in [1.165, 1.54) is 0 Å². The number of hydrogen-bond acceptors (Lipinski definition) is 4. The third-order valence-corrected chi connectivity index (χ3v) is 2.75. The molecule has 1 N–H and O–H groups in total. The summed E-state index contributed by atoms with van der Waals surface area (Å²) >= 11 is 0. The summed E-state index contributed by atoms with van der Waals surface area (Å²) in [4.78, 5) is 0. The number of rotatable bonds is 3. The minimum atomic E-state index is -0.507. The molecular weight excluding hydrogens is 220 g/mol. The van der Waals surface area contributed by atoms with Gasteiger partial charge in [0, 0.05) is 6.07 Å². The van der Waals surface area contributed by atoms with Crippen LogP contribution in [-0.4, -0.2) is 24.6 Å². The van der Waals surface area contributed by atoms with Crippen molar-refractivity contribution >= 4 is 0 Å². The zero-order chi connectivity index (χ0) is 12.5. The molecule has 1 aliphatic rings. The number of hydrogen-bond donors (Lipinski definition) is 1. The van der Waals surface area contributed by atoms with Crippen molar-refractivity contribution in [1.29, 1.82) is 0 Å². The van der Waals surface area contributed by atoms with E-state index in [9.17, 15) is 5.11 Å². The van der Waals surface area contributed by atoms with E-state index in [1.54, 1.807) is 12.1 Å². The van der Waals surface area contributed by atoms with Crippen LogP contribution in [0.5, 0.6) is 17.2 Å². The Hall–Kier alpha value is -1.42. The number of ether oxygens (including phenoxy) is 3. The molecular formula is C13H18O4. The Morgan fingerprint density at radius 2 is 2.00 bits per heavy atom. The van der Waals surface area contributed by atoms with Crippen molar-refractivity contribution in [2.24, 2.45) is 5.41 Å². The maximum absolute atomic E-state index is 9.86. The second-order valence-corrected chi connectivity index (χ2v) is 5.21. The summed E-state index contributed by atoms with van der Waals surface area (Å²) in [7, 11) is 0. The van der Waals surface area contributed by atoms with Gasteiger partial charge in [-0.05, 0) is 17.5 Å². The summed E-state index contributed by atoms with van der Waals surface area (Å²) in [6.07, 6.45) is -0.507. The van der Waals surface area contributed by atoms with Gasteiger partial charge in [-0.2, -0.15) is 0 Å². The van der Waals surface area contributed by atoms with E-state index in [4.69, 9.17) is 14.2 Å². The first-order chi connectivity index (χ1) is 7.97. The van der Waals surface area contributed by atoms with Crippen molar-refractivity contribution in [3.63, 3.8) is 0 Å². The van der Waals surface area contributed by atoms with Crippen LogP contribution < -0.4 is 14.2 Å². The van der Waals surface area contributed by atoms with E-state index in [0.717, 1.165) is 5.75 Å². The fourth-order valence-electron chi connectivity index (χ4n) is 1.39. The Labute approximate surface area is 101 Å². The molecule has 94 valence electrons. The van der Waals surface area contributed by atoms with Crippen LogP contribution >= 0.6 is 0 Å². The molecule has 1 heterocycles. The summed E-state index contributed by atoms with van der Waals surface area (Å²) in [5, 5.41) is 9.86. The minimum Gasteiger partial charge on any atom is -0.491 e. The summed E-state index contributed by atoms with van der Waals surface area (Å²) in [6.45, 7) is 6.44. The van der Waals surface area contributed by atoms with Gasteiger partial charge in [-0.15, -0.1) is 0 Å². The highest BCUT2D eigenvalue weighted by atomic mass is 16.7. The van der Waals surface area contributed by atoms with Crippen LogP contribution in [0.2, 0.25) is 0 Å². The first-order valence-electron chi connectivity index (χ1n) is 5.67. The number of aliphatic hydroxyl groups excluding tert-OH is 1. The average molecular weight is 238 g/mol. The van der Waals surface area contributed by atoms with Crippen LogP contribution in [0.1, 0.15) is 20.8 Å². The van der Waals surface area contributed by atoms with Gasteiger partial charge in [-0.3, -0.25) is 0 Å². The van der Waals surface area contributed by atoms with Gasteiger partial charge in [0.1, 0.15) is 12.4 Å². The van der Waals surface area contributed by atoms with Crippen molar-refractivity contribution in [2.45, 2.75) is 26.9 Å². The van der Waals surface area contributed by atoms with Crippen LogP contribution in [-0.2, 0) is 0 Å². The molecule has 0 saturated heterocycles. The monoisotopic (exact) mass is 238 g/mol. The molecule has 0 saturated carbocycles. The largest absolute Gasteiger partial charge is 0.491 e. The third kappa shape index (κ3) is 2.82. The van der Waals surface area contributed by atoms with E-state index in [-0.39, 0.29) is 18.8 Å². The first-order valence-corrected chi connectivity index (χ1v) is 5.67. The summed E-state index contributed by atoms with van der Waals surface area (Å²) in [5.74, 6) is 2.10. The molecule has 1 aromatic rings. The van der Waals surface area contributed by atoms with Crippen molar-refractivity contribution in [3.8, 4) is 17.2 Å². The van der Waals surface area contributed by atoms with Crippen LogP contribution in [0, 0.1) is 5.41 Å². The fraction of sp³-hybridized carbons (Fsp3) is 0.538. The lowest BCUT2D eigenvalue weighted by Gasteiger charge is -2.25. The molecule has 1 aromatic carbocycles. The van der Waals surface area contributed by atoms with Gasteiger partial charge in [-0.1, -0.05) is 20.8 Å². The highest BCUT2D eigenvalue weighted by molar-refractivity contribution is 5.46. The van der Waals surface area contributed by atoms with Crippen molar-refractivity contribution in [1.82, 2.24) is 0 Å². The smallest absolute Gasteiger partial charge is 0.231 e. The Morgan fingerprint density at radius 3 is 2.71 bits per heavy atom. The lowest BCUT2D eigenvalue weighted by molar-refractivity contribution is 0.0218. The van der Waals surface area contributed by atoms with Gasteiger partial charge in [0.2, 0.25) is 6.79 Å². The van der Waals surface area contributed by atoms with Gasteiger partial charge in [-0.25, -0.2) is 0 Å².